The topological polar surface area (TPSA) is 62.2 Å². The van der Waals surface area contributed by atoms with Crippen molar-refractivity contribution in [2.75, 3.05) is 6.61 Å². The molecule has 1 aromatic carbocycles. The van der Waals surface area contributed by atoms with Crippen molar-refractivity contribution in [2.45, 2.75) is 32.2 Å². The van der Waals surface area contributed by atoms with Crippen molar-refractivity contribution in [3.05, 3.63) is 29.3 Å². The number of aromatic nitrogens is 1. The van der Waals surface area contributed by atoms with Gasteiger partial charge in [-0.2, -0.15) is 0 Å². The van der Waals surface area contributed by atoms with Crippen molar-refractivity contribution in [1.29, 1.82) is 0 Å². The van der Waals surface area contributed by atoms with Crippen molar-refractivity contribution >= 4 is 27.5 Å². The third-order valence-corrected chi connectivity index (χ3v) is 4.08. The van der Waals surface area contributed by atoms with Crippen LogP contribution in [0.3, 0.4) is 0 Å². The first-order valence-corrected chi connectivity index (χ1v) is 7.29. The fourth-order valence-corrected chi connectivity index (χ4v) is 2.79. The Morgan fingerprint density at radius 3 is 2.95 bits per heavy atom. The molecule has 1 atom stereocenters. The zero-order chi connectivity index (χ0) is 13.7. The third-order valence-electron chi connectivity index (χ3n) is 2.98. The molecule has 0 aliphatic rings. The van der Waals surface area contributed by atoms with Crippen LogP contribution in [0.25, 0.3) is 10.2 Å². The van der Waals surface area contributed by atoms with Gasteiger partial charge in [-0.15, -0.1) is 11.3 Å². The molecule has 19 heavy (non-hydrogen) atoms. The lowest BCUT2D eigenvalue weighted by Crippen LogP contribution is -2.36. The lowest BCUT2D eigenvalue weighted by atomic mass is 10.2. The smallest absolute Gasteiger partial charge is 0.220 e. The number of hydrogen-bond donors (Lipinski definition) is 2. The summed E-state index contributed by atoms with van der Waals surface area (Å²) < 4.78 is 1.15. The van der Waals surface area contributed by atoms with E-state index < -0.39 is 0 Å². The van der Waals surface area contributed by atoms with Crippen molar-refractivity contribution in [3.8, 4) is 0 Å². The molecule has 2 rings (SSSR count). The van der Waals surface area contributed by atoms with E-state index in [9.17, 15) is 4.79 Å². The number of hydrogen-bond acceptors (Lipinski definition) is 4. The summed E-state index contributed by atoms with van der Waals surface area (Å²) in [7, 11) is 0. The van der Waals surface area contributed by atoms with E-state index in [0.717, 1.165) is 21.6 Å². The zero-order valence-electron chi connectivity index (χ0n) is 10.9. The van der Waals surface area contributed by atoms with Gasteiger partial charge in [-0.25, -0.2) is 4.98 Å². The molecule has 0 fully saturated rings. The number of rotatable bonds is 6. The number of nitrogens with one attached hydrogen (secondary N) is 1. The van der Waals surface area contributed by atoms with Gasteiger partial charge in [-0.05, 0) is 18.6 Å². The summed E-state index contributed by atoms with van der Waals surface area (Å²) in [4.78, 5) is 16.2. The van der Waals surface area contributed by atoms with Crippen molar-refractivity contribution in [2.24, 2.45) is 0 Å². The molecule has 1 amide bonds. The van der Waals surface area contributed by atoms with E-state index in [4.69, 9.17) is 5.11 Å². The minimum atomic E-state index is -0.136. The number of carbonyl (C=O) groups excluding carboxylic acids is 1. The monoisotopic (exact) mass is 278 g/mol. The van der Waals surface area contributed by atoms with Crippen LogP contribution in [0.4, 0.5) is 0 Å². The highest BCUT2D eigenvalue weighted by Gasteiger charge is 2.10. The van der Waals surface area contributed by atoms with Gasteiger partial charge in [0, 0.05) is 12.8 Å². The van der Waals surface area contributed by atoms with E-state index >= 15 is 0 Å². The summed E-state index contributed by atoms with van der Waals surface area (Å²) in [6.45, 7) is 1.93. The van der Waals surface area contributed by atoms with E-state index in [1.54, 1.807) is 11.3 Å². The fraction of sp³-hybridized carbons (Fsp3) is 0.429. The van der Waals surface area contributed by atoms with Gasteiger partial charge in [0.15, 0.2) is 0 Å². The molecule has 1 aromatic heterocycles. The molecule has 4 nitrogen and oxygen atoms in total. The van der Waals surface area contributed by atoms with Crippen LogP contribution in [0, 0.1) is 0 Å². The van der Waals surface area contributed by atoms with Gasteiger partial charge >= 0.3 is 0 Å². The standard InChI is InChI=1S/C14H18N2O2S/c1-2-10(9-17)15-13(18)7-8-14-16-11-5-3-4-6-12(11)19-14/h3-6,10,17H,2,7-9H2,1H3,(H,15,18). The lowest BCUT2D eigenvalue weighted by Gasteiger charge is -2.13. The molecule has 0 saturated carbocycles. The van der Waals surface area contributed by atoms with E-state index in [-0.39, 0.29) is 18.6 Å². The second-order valence-electron chi connectivity index (χ2n) is 4.43. The van der Waals surface area contributed by atoms with E-state index in [1.807, 2.05) is 31.2 Å². The molecule has 0 spiro atoms. The lowest BCUT2D eigenvalue weighted by molar-refractivity contribution is -0.122. The molecular weight excluding hydrogens is 260 g/mol. The second-order valence-corrected chi connectivity index (χ2v) is 5.55. The van der Waals surface area contributed by atoms with Crippen LogP contribution < -0.4 is 5.32 Å². The van der Waals surface area contributed by atoms with Gasteiger partial charge in [0.1, 0.15) is 0 Å². The predicted octanol–water partition coefficient (Wildman–Crippen LogP) is 2.12. The molecule has 0 radical (unpaired) electrons. The summed E-state index contributed by atoms with van der Waals surface area (Å²) in [6.07, 6.45) is 1.80. The number of amides is 1. The molecule has 1 heterocycles. The minimum absolute atomic E-state index is 0.0105. The van der Waals surface area contributed by atoms with Crippen LogP contribution in [0.15, 0.2) is 24.3 Å². The van der Waals surface area contributed by atoms with Crippen molar-refractivity contribution in [1.82, 2.24) is 10.3 Å². The van der Waals surface area contributed by atoms with E-state index in [2.05, 4.69) is 10.3 Å². The first-order chi connectivity index (χ1) is 9.22. The second kappa shape index (κ2) is 6.63. The largest absolute Gasteiger partial charge is 0.394 e. The Kier molecular flexibility index (Phi) is 4.87. The van der Waals surface area contributed by atoms with Crippen LogP contribution in [0.1, 0.15) is 24.8 Å². The van der Waals surface area contributed by atoms with Gasteiger partial charge in [-0.3, -0.25) is 4.79 Å². The number of aliphatic hydroxyl groups is 1. The minimum Gasteiger partial charge on any atom is -0.394 e. The molecule has 1 unspecified atom stereocenters. The molecule has 102 valence electrons. The van der Waals surface area contributed by atoms with Gasteiger partial charge in [0.25, 0.3) is 0 Å². The number of benzene rings is 1. The van der Waals surface area contributed by atoms with Gasteiger partial charge in [0.2, 0.25) is 5.91 Å². The van der Waals surface area contributed by atoms with E-state index in [1.165, 1.54) is 0 Å². The summed E-state index contributed by atoms with van der Waals surface area (Å²) in [6, 6.07) is 7.84. The van der Waals surface area contributed by atoms with Crippen LogP contribution in [0.2, 0.25) is 0 Å². The molecular formula is C14H18N2O2S. The molecule has 0 saturated heterocycles. The summed E-state index contributed by atoms with van der Waals surface area (Å²) in [5.41, 5.74) is 0.990. The Balaban J connectivity index is 1.89. The molecule has 0 aliphatic carbocycles. The van der Waals surface area contributed by atoms with Gasteiger partial charge in [-0.1, -0.05) is 19.1 Å². The van der Waals surface area contributed by atoms with Crippen LogP contribution in [0.5, 0.6) is 0 Å². The maximum atomic E-state index is 11.7. The number of fused-ring (bicyclic) bond motifs is 1. The Morgan fingerprint density at radius 2 is 2.26 bits per heavy atom. The quantitative estimate of drug-likeness (QED) is 0.850. The molecule has 0 aliphatic heterocycles. The van der Waals surface area contributed by atoms with E-state index in [0.29, 0.717) is 12.8 Å². The van der Waals surface area contributed by atoms with Crippen molar-refractivity contribution in [3.63, 3.8) is 0 Å². The van der Waals surface area contributed by atoms with Crippen LogP contribution in [-0.2, 0) is 11.2 Å². The number of carbonyl (C=O) groups is 1. The SMILES string of the molecule is CCC(CO)NC(=O)CCc1nc2ccccc2s1. The summed E-state index contributed by atoms with van der Waals surface area (Å²) in [5.74, 6) is -0.0276. The maximum Gasteiger partial charge on any atom is 0.220 e. The number of nitrogens with zero attached hydrogens (tertiary/aromatic N) is 1. The fourth-order valence-electron chi connectivity index (χ4n) is 1.82. The Morgan fingerprint density at radius 1 is 1.47 bits per heavy atom. The number of thiazole rings is 1. The number of aryl methyl sites for hydroxylation is 1. The maximum absolute atomic E-state index is 11.7. The number of para-hydroxylation sites is 1. The molecule has 2 aromatic rings. The predicted molar refractivity (Wildman–Crippen MR) is 77.2 cm³/mol. The normalized spacial score (nSPS) is 12.5. The van der Waals surface area contributed by atoms with Crippen molar-refractivity contribution < 1.29 is 9.90 Å². The molecule has 2 N–H and O–H groups in total. The first-order valence-electron chi connectivity index (χ1n) is 6.47. The Labute approximate surface area is 116 Å². The highest BCUT2D eigenvalue weighted by atomic mass is 32.1. The van der Waals surface area contributed by atoms with Gasteiger partial charge in [0.05, 0.1) is 27.9 Å². The van der Waals surface area contributed by atoms with Crippen LogP contribution >= 0.6 is 11.3 Å². The van der Waals surface area contributed by atoms with Gasteiger partial charge < -0.3 is 10.4 Å². The highest BCUT2D eigenvalue weighted by molar-refractivity contribution is 7.18. The first kappa shape index (κ1) is 14.0. The average Bonchev–Trinajstić information content (AvgIpc) is 2.85. The molecule has 0 bridgehead atoms. The summed E-state index contributed by atoms with van der Waals surface area (Å²) >= 11 is 1.63. The third kappa shape index (κ3) is 3.75. The summed E-state index contributed by atoms with van der Waals surface area (Å²) in [5, 5.41) is 12.8. The Hall–Kier alpha value is -1.46. The molecule has 5 heteroatoms. The Bertz CT molecular complexity index is 516. The van der Waals surface area contributed by atoms with Crippen LogP contribution in [-0.4, -0.2) is 28.6 Å². The highest BCUT2D eigenvalue weighted by Crippen LogP contribution is 2.22. The average molecular weight is 278 g/mol. The zero-order valence-corrected chi connectivity index (χ0v) is 11.7. The number of aliphatic hydroxyl groups excluding tert-OH is 1.